The van der Waals surface area contributed by atoms with Gasteiger partial charge in [-0.05, 0) is 12.5 Å². The maximum absolute atomic E-state index is 9.63. The number of hydrogen-bond donors (Lipinski definition) is 1. The van der Waals surface area contributed by atoms with Crippen molar-refractivity contribution in [1.82, 2.24) is 9.55 Å². The van der Waals surface area contributed by atoms with E-state index in [1.54, 1.807) is 0 Å². The Morgan fingerprint density at radius 2 is 2.18 bits per heavy atom. The summed E-state index contributed by atoms with van der Waals surface area (Å²) in [6, 6.07) is 8.15. The van der Waals surface area contributed by atoms with Crippen LogP contribution in [0.15, 0.2) is 34.9 Å². The van der Waals surface area contributed by atoms with Crippen molar-refractivity contribution in [2.75, 3.05) is 0 Å². The van der Waals surface area contributed by atoms with E-state index in [2.05, 4.69) is 31.5 Å². The zero-order valence-corrected chi connectivity index (χ0v) is 10.9. The maximum atomic E-state index is 9.63. The number of nitrogens with zero attached hydrogens (tertiary/aromatic N) is 2. The Labute approximate surface area is 108 Å². The van der Waals surface area contributed by atoms with Crippen LogP contribution >= 0.6 is 15.9 Å². The molecule has 3 nitrogen and oxygen atoms in total. The van der Waals surface area contributed by atoms with Crippen LogP contribution in [0.4, 0.5) is 0 Å². The Hall–Kier alpha value is -1.13. The van der Waals surface area contributed by atoms with Crippen molar-refractivity contribution >= 4 is 15.9 Å². The molecule has 3 rings (SSSR count). The third-order valence-corrected chi connectivity index (χ3v) is 3.88. The quantitative estimate of drug-likeness (QED) is 0.877. The lowest BCUT2D eigenvalue weighted by Gasteiger charge is -2.21. The minimum Gasteiger partial charge on any atom is -0.393 e. The monoisotopic (exact) mass is 292 g/mol. The molecule has 88 valence electrons. The minimum atomic E-state index is -0.239. The van der Waals surface area contributed by atoms with Crippen LogP contribution in [0.25, 0.3) is 11.3 Å². The zero-order valence-electron chi connectivity index (χ0n) is 9.31. The molecule has 0 saturated carbocycles. The Morgan fingerprint density at radius 3 is 3.00 bits per heavy atom. The Bertz CT molecular complexity index is 550. The van der Waals surface area contributed by atoms with E-state index < -0.39 is 0 Å². The van der Waals surface area contributed by atoms with Crippen LogP contribution in [-0.4, -0.2) is 20.8 Å². The highest BCUT2D eigenvalue weighted by Gasteiger charge is 2.21. The molecule has 0 amide bonds. The van der Waals surface area contributed by atoms with Crippen molar-refractivity contribution < 1.29 is 5.11 Å². The van der Waals surface area contributed by atoms with E-state index in [-0.39, 0.29) is 6.10 Å². The van der Waals surface area contributed by atoms with Crippen LogP contribution in [0, 0.1) is 0 Å². The van der Waals surface area contributed by atoms with Gasteiger partial charge in [0, 0.05) is 23.0 Å². The smallest absolute Gasteiger partial charge is 0.111 e. The molecule has 0 radical (unpaired) electrons. The molecule has 17 heavy (non-hydrogen) atoms. The van der Waals surface area contributed by atoms with Gasteiger partial charge < -0.3 is 9.67 Å². The molecule has 0 spiro atoms. The Balaban J connectivity index is 2.09. The molecule has 0 bridgehead atoms. The summed E-state index contributed by atoms with van der Waals surface area (Å²) in [5.74, 6) is 0.981. The summed E-state index contributed by atoms with van der Waals surface area (Å²) >= 11 is 3.57. The first kappa shape index (κ1) is 11.0. The van der Waals surface area contributed by atoms with E-state index in [1.807, 2.05) is 24.4 Å². The molecule has 4 heteroatoms. The molecule has 2 aromatic rings. The summed E-state index contributed by atoms with van der Waals surface area (Å²) in [5, 5.41) is 9.63. The van der Waals surface area contributed by atoms with Crippen molar-refractivity contribution in [2.24, 2.45) is 0 Å². The summed E-state index contributed by atoms with van der Waals surface area (Å²) in [4.78, 5) is 4.41. The minimum absolute atomic E-state index is 0.239. The molecular weight excluding hydrogens is 280 g/mol. The average Bonchev–Trinajstić information content (AvgIpc) is 2.72. The first-order valence-corrected chi connectivity index (χ1v) is 6.52. The fraction of sp³-hybridized carbons (Fsp3) is 0.308. The van der Waals surface area contributed by atoms with Gasteiger partial charge in [0.25, 0.3) is 0 Å². The highest BCUT2D eigenvalue weighted by Crippen LogP contribution is 2.30. The molecule has 1 aromatic heterocycles. The molecule has 1 unspecified atom stereocenters. The van der Waals surface area contributed by atoms with Crippen LogP contribution in [0.1, 0.15) is 12.2 Å². The van der Waals surface area contributed by atoms with E-state index in [4.69, 9.17) is 0 Å². The van der Waals surface area contributed by atoms with E-state index >= 15 is 0 Å². The topological polar surface area (TPSA) is 38.0 Å². The first-order chi connectivity index (χ1) is 8.25. The van der Waals surface area contributed by atoms with Gasteiger partial charge in [0.05, 0.1) is 18.0 Å². The fourth-order valence-electron chi connectivity index (χ4n) is 2.30. The molecule has 1 aromatic carbocycles. The van der Waals surface area contributed by atoms with Crippen molar-refractivity contribution in [2.45, 2.75) is 25.5 Å². The molecule has 1 aliphatic heterocycles. The molecule has 0 fully saturated rings. The summed E-state index contributed by atoms with van der Waals surface area (Å²) in [7, 11) is 0. The number of fused-ring (bicyclic) bond motifs is 1. The SMILES string of the molecule is OC1CCn2c(-c3ccccc3Br)cnc2C1. The van der Waals surface area contributed by atoms with Gasteiger partial charge in [0.1, 0.15) is 5.82 Å². The molecule has 0 saturated heterocycles. The maximum Gasteiger partial charge on any atom is 0.111 e. The Kier molecular flexibility index (Phi) is 2.76. The molecule has 1 atom stereocenters. The lowest BCUT2D eigenvalue weighted by Crippen LogP contribution is -2.23. The van der Waals surface area contributed by atoms with Crippen molar-refractivity contribution in [3.05, 3.63) is 40.8 Å². The summed E-state index contributed by atoms with van der Waals surface area (Å²) < 4.78 is 3.28. The second-order valence-electron chi connectivity index (χ2n) is 4.34. The number of rotatable bonds is 1. The van der Waals surface area contributed by atoms with Gasteiger partial charge in [-0.25, -0.2) is 4.98 Å². The summed E-state index contributed by atoms with van der Waals surface area (Å²) in [6.07, 6.45) is 3.12. The van der Waals surface area contributed by atoms with Gasteiger partial charge in [-0.1, -0.05) is 34.1 Å². The van der Waals surface area contributed by atoms with Crippen LogP contribution in [0.2, 0.25) is 0 Å². The lowest BCUT2D eigenvalue weighted by molar-refractivity contribution is 0.142. The van der Waals surface area contributed by atoms with Crippen molar-refractivity contribution in [3.63, 3.8) is 0 Å². The third-order valence-electron chi connectivity index (χ3n) is 3.19. The number of benzene rings is 1. The standard InChI is InChI=1S/C13H13BrN2O/c14-11-4-2-1-3-10(11)12-8-15-13-7-9(17)5-6-16(12)13/h1-4,8-9,17H,5-7H2. The van der Waals surface area contributed by atoms with Crippen LogP contribution < -0.4 is 0 Å². The first-order valence-electron chi connectivity index (χ1n) is 5.73. The van der Waals surface area contributed by atoms with E-state index in [1.165, 1.54) is 0 Å². The summed E-state index contributed by atoms with van der Waals surface area (Å²) in [6.45, 7) is 0.840. The number of imidazole rings is 1. The van der Waals surface area contributed by atoms with Gasteiger partial charge in [0.2, 0.25) is 0 Å². The van der Waals surface area contributed by atoms with Crippen molar-refractivity contribution in [1.29, 1.82) is 0 Å². The molecular formula is C13H13BrN2O. The van der Waals surface area contributed by atoms with Gasteiger partial charge >= 0.3 is 0 Å². The van der Waals surface area contributed by atoms with Gasteiger partial charge in [-0.3, -0.25) is 0 Å². The molecule has 1 N–H and O–H groups in total. The van der Waals surface area contributed by atoms with E-state index in [9.17, 15) is 5.11 Å². The number of aliphatic hydroxyl groups excluding tert-OH is 1. The molecule has 2 heterocycles. The molecule has 0 aliphatic carbocycles. The van der Waals surface area contributed by atoms with Crippen LogP contribution in [-0.2, 0) is 13.0 Å². The zero-order chi connectivity index (χ0) is 11.8. The highest BCUT2D eigenvalue weighted by molar-refractivity contribution is 9.10. The number of aromatic nitrogens is 2. The fourth-order valence-corrected chi connectivity index (χ4v) is 2.79. The van der Waals surface area contributed by atoms with Gasteiger partial charge in [-0.15, -0.1) is 0 Å². The second kappa shape index (κ2) is 4.27. The van der Waals surface area contributed by atoms with Crippen LogP contribution in [0.5, 0.6) is 0 Å². The second-order valence-corrected chi connectivity index (χ2v) is 5.19. The Morgan fingerprint density at radius 1 is 1.35 bits per heavy atom. The normalized spacial score (nSPS) is 19.1. The van der Waals surface area contributed by atoms with E-state index in [0.717, 1.165) is 34.5 Å². The number of halogens is 1. The third kappa shape index (κ3) is 1.91. The predicted octanol–water partition coefficient (Wildman–Crippen LogP) is 2.62. The van der Waals surface area contributed by atoms with Gasteiger partial charge in [-0.2, -0.15) is 0 Å². The molecule has 1 aliphatic rings. The summed E-state index contributed by atoms with van der Waals surface area (Å²) in [5.41, 5.74) is 2.28. The largest absolute Gasteiger partial charge is 0.393 e. The highest BCUT2D eigenvalue weighted by atomic mass is 79.9. The number of hydrogen-bond acceptors (Lipinski definition) is 2. The number of aliphatic hydroxyl groups is 1. The van der Waals surface area contributed by atoms with E-state index in [0.29, 0.717) is 6.42 Å². The van der Waals surface area contributed by atoms with Crippen LogP contribution in [0.3, 0.4) is 0 Å². The lowest BCUT2D eigenvalue weighted by atomic mass is 10.1. The predicted molar refractivity (Wildman–Crippen MR) is 69.7 cm³/mol. The van der Waals surface area contributed by atoms with Crippen molar-refractivity contribution in [3.8, 4) is 11.3 Å². The average molecular weight is 293 g/mol. The van der Waals surface area contributed by atoms with Gasteiger partial charge in [0.15, 0.2) is 0 Å².